The van der Waals surface area contributed by atoms with E-state index >= 15 is 0 Å². The van der Waals surface area contributed by atoms with Gasteiger partial charge in [-0.2, -0.15) is 0 Å². The van der Waals surface area contributed by atoms with Crippen LogP contribution in [-0.4, -0.2) is 16.8 Å². The molecule has 0 aromatic carbocycles. The molecule has 0 aromatic heterocycles. The molecule has 4 heteroatoms. The first-order chi connectivity index (χ1) is 2.27. The van der Waals surface area contributed by atoms with Crippen molar-refractivity contribution in [3.63, 3.8) is 0 Å². The molecule has 0 radical (unpaired) electrons. The van der Waals surface area contributed by atoms with E-state index in [0.29, 0.717) is 0 Å². The van der Waals surface area contributed by atoms with E-state index in [1.807, 2.05) is 0 Å². The predicted octanol–water partition coefficient (Wildman–Crippen LogP) is 0.289. The molecule has 0 rings (SSSR count). The van der Waals surface area contributed by atoms with Gasteiger partial charge in [-0.25, -0.2) is 8.22 Å². The van der Waals surface area contributed by atoms with Crippen molar-refractivity contribution in [2.24, 2.45) is 0 Å². The van der Waals surface area contributed by atoms with Crippen molar-refractivity contribution in [1.29, 1.82) is 0 Å². The Bertz CT molecular complexity index is 23.6. The van der Waals surface area contributed by atoms with Crippen LogP contribution in [0.5, 0.6) is 0 Å². The van der Waals surface area contributed by atoms with Gasteiger partial charge in [-0.3, -0.25) is 0 Å². The van der Waals surface area contributed by atoms with E-state index in [2.05, 4.69) is 4.43 Å². The molecule has 0 aromatic rings. The lowest BCUT2D eigenvalue weighted by Crippen LogP contribution is -1.97. The monoisotopic (exact) mass is 98.0 g/mol. The van der Waals surface area contributed by atoms with E-state index in [0.717, 1.165) is 7.11 Å². The molecule has 5 heavy (non-hydrogen) atoms. The Hall–Kier alpha value is 0.0369. The number of hydrogen-bond donors (Lipinski definition) is 0. The topological polar surface area (TPSA) is 9.23 Å². The van der Waals surface area contributed by atoms with Crippen LogP contribution in [0.15, 0.2) is 0 Å². The molecular weight excluding hydrogens is 94.1 g/mol. The van der Waals surface area contributed by atoms with Crippen molar-refractivity contribution in [2.75, 3.05) is 7.11 Å². The van der Waals surface area contributed by atoms with Crippen LogP contribution in [0.1, 0.15) is 0 Å². The summed E-state index contributed by atoms with van der Waals surface area (Å²) in [5.41, 5.74) is 0. The van der Waals surface area contributed by atoms with Crippen molar-refractivity contribution in [3.8, 4) is 0 Å². The van der Waals surface area contributed by atoms with E-state index in [4.69, 9.17) is 0 Å². The second kappa shape index (κ2) is 2.28. The fourth-order valence-electron chi connectivity index (χ4n) is 0. The van der Waals surface area contributed by atoms with E-state index < -0.39 is 9.71 Å². The van der Waals surface area contributed by atoms with E-state index in [9.17, 15) is 8.22 Å². The molecule has 0 N–H and O–H groups in total. The van der Waals surface area contributed by atoms with Crippen LogP contribution < -0.4 is 0 Å². The van der Waals surface area contributed by atoms with Gasteiger partial charge in [-0.05, 0) is 0 Å². The summed E-state index contributed by atoms with van der Waals surface area (Å²) in [5, 5.41) is 0. The third kappa shape index (κ3) is 4.04. The normalized spacial score (nSPS) is 9.60. The molecule has 1 nitrogen and oxygen atoms in total. The van der Waals surface area contributed by atoms with E-state index in [1.54, 1.807) is 0 Å². The Morgan fingerprint density at radius 2 is 1.80 bits per heavy atom. The summed E-state index contributed by atoms with van der Waals surface area (Å²) in [6, 6.07) is 0. The Labute approximate surface area is 30.6 Å². The summed E-state index contributed by atoms with van der Waals surface area (Å²) in [4.78, 5) is 0. The molecular formula is CH4F2OSi. The molecule has 0 fully saturated rings. The Kier molecular flexibility index (Phi) is 2.30. The van der Waals surface area contributed by atoms with Gasteiger partial charge in [0.05, 0.1) is 0 Å². The van der Waals surface area contributed by atoms with E-state index in [-0.39, 0.29) is 0 Å². The lowest BCUT2D eigenvalue weighted by atomic mass is 11.8. The molecule has 0 aliphatic heterocycles. The van der Waals surface area contributed by atoms with Crippen molar-refractivity contribution in [1.82, 2.24) is 0 Å². The first-order valence-corrected chi connectivity index (χ1v) is 2.42. The first-order valence-electron chi connectivity index (χ1n) is 1.08. The van der Waals surface area contributed by atoms with Crippen molar-refractivity contribution >= 4 is 9.71 Å². The Balaban J connectivity index is 2.54. The summed E-state index contributed by atoms with van der Waals surface area (Å²) in [5.74, 6) is 0. The first kappa shape index (κ1) is 5.04. The molecule has 0 saturated heterocycles. The molecule has 0 heterocycles. The molecule has 0 atom stereocenters. The fraction of sp³-hybridized carbons (Fsp3) is 1.00. The molecule has 0 unspecified atom stereocenters. The number of rotatable bonds is 1. The number of halogens is 2. The van der Waals surface area contributed by atoms with Crippen LogP contribution in [0, 0.1) is 0 Å². The zero-order valence-electron chi connectivity index (χ0n) is 2.74. The van der Waals surface area contributed by atoms with Gasteiger partial charge in [-0.1, -0.05) is 0 Å². The van der Waals surface area contributed by atoms with Crippen LogP contribution in [-0.2, 0) is 4.43 Å². The SMILES string of the molecule is CO[SiH](F)F. The lowest BCUT2D eigenvalue weighted by molar-refractivity contribution is 0.326. The molecule has 0 aliphatic rings. The average molecular weight is 98.1 g/mol. The van der Waals surface area contributed by atoms with Crippen molar-refractivity contribution in [2.45, 2.75) is 0 Å². The van der Waals surface area contributed by atoms with Gasteiger partial charge < -0.3 is 4.43 Å². The zero-order chi connectivity index (χ0) is 4.28. The van der Waals surface area contributed by atoms with Gasteiger partial charge in [0.25, 0.3) is 0 Å². The molecule has 0 aliphatic carbocycles. The van der Waals surface area contributed by atoms with Crippen LogP contribution in [0.2, 0.25) is 0 Å². The average Bonchev–Trinajstić information content (AvgIpc) is 1.38. The van der Waals surface area contributed by atoms with Crippen LogP contribution >= 0.6 is 0 Å². The fourth-order valence-corrected chi connectivity index (χ4v) is 0. The largest absolute Gasteiger partial charge is 0.561 e. The summed E-state index contributed by atoms with van der Waals surface area (Å²) in [7, 11) is -2.64. The molecule has 0 spiro atoms. The Morgan fingerprint density at radius 1 is 1.60 bits per heavy atom. The highest BCUT2D eigenvalue weighted by molar-refractivity contribution is 6.34. The van der Waals surface area contributed by atoms with E-state index in [1.165, 1.54) is 0 Å². The second-order valence-corrected chi connectivity index (χ2v) is 1.49. The Morgan fingerprint density at radius 3 is 1.80 bits per heavy atom. The zero-order valence-corrected chi connectivity index (χ0v) is 3.90. The minimum Gasteiger partial charge on any atom is -0.374 e. The van der Waals surface area contributed by atoms with Gasteiger partial charge in [0.15, 0.2) is 0 Å². The van der Waals surface area contributed by atoms with Crippen LogP contribution in [0.4, 0.5) is 8.22 Å². The third-order valence-electron chi connectivity index (χ3n) is 0.178. The lowest BCUT2D eigenvalue weighted by Gasteiger charge is -1.82. The summed E-state index contributed by atoms with van der Waals surface area (Å²) in [6.45, 7) is 0. The van der Waals surface area contributed by atoms with Crippen LogP contribution in [0.25, 0.3) is 0 Å². The maximum atomic E-state index is 10.7. The maximum absolute atomic E-state index is 10.7. The summed E-state index contributed by atoms with van der Waals surface area (Å²) >= 11 is 0. The molecule has 32 valence electrons. The van der Waals surface area contributed by atoms with Crippen molar-refractivity contribution in [3.05, 3.63) is 0 Å². The molecule has 0 amide bonds. The quantitative estimate of drug-likeness (QED) is 0.338. The van der Waals surface area contributed by atoms with Gasteiger partial charge in [0.1, 0.15) is 0 Å². The van der Waals surface area contributed by atoms with Gasteiger partial charge >= 0.3 is 9.71 Å². The highest BCUT2D eigenvalue weighted by Crippen LogP contribution is 1.80. The number of hydrogen-bond acceptors (Lipinski definition) is 1. The highest BCUT2D eigenvalue weighted by atomic mass is 28.4. The molecule has 0 bridgehead atoms. The minimum atomic E-state index is -3.65. The van der Waals surface area contributed by atoms with Crippen molar-refractivity contribution < 1.29 is 12.6 Å². The smallest absolute Gasteiger partial charge is 0.374 e. The maximum Gasteiger partial charge on any atom is 0.561 e. The second-order valence-electron chi connectivity index (χ2n) is 0.496. The highest BCUT2D eigenvalue weighted by Gasteiger charge is 1.99. The predicted molar refractivity (Wildman–Crippen MR) is 16.4 cm³/mol. The van der Waals surface area contributed by atoms with Gasteiger partial charge in [0.2, 0.25) is 0 Å². The summed E-state index contributed by atoms with van der Waals surface area (Å²) < 4.78 is 24.9. The van der Waals surface area contributed by atoms with Crippen LogP contribution in [0.3, 0.4) is 0 Å². The molecule has 0 saturated carbocycles. The minimum absolute atomic E-state index is 1.01. The van der Waals surface area contributed by atoms with Gasteiger partial charge in [-0.15, -0.1) is 0 Å². The third-order valence-corrected chi connectivity index (χ3v) is 0.535. The van der Waals surface area contributed by atoms with Gasteiger partial charge in [0, 0.05) is 7.11 Å². The summed E-state index contributed by atoms with van der Waals surface area (Å²) in [6.07, 6.45) is 0. The standard InChI is InChI=1S/CH4F2OSi/c1-4-5(2)3/h5H,1H3.